The molecule has 3 rings (SSSR count). The van der Waals surface area contributed by atoms with Crippen molar-refractivity contribution in [3.05, 3.63) is 35.4 Å². The molecule has 2 aliphatic rings. The Bertz CT molecular complexity index is 411. The minimum Gasteiger partial charge on any atom is -0.329 e. The molecule has 0 radical (unpaired) electrons. The van der Waals surface area contributed by atoms with Gasteiger partial charge < -0.3 is 5.73 Å². The standard InChI is InChI=1S/C15H22N2/c1-15(11-16,14-6-7-14)17-9-8-12-4-2-3-5-13(12)10-17/h2-5,14H,6-11,16H2,1H3. The van der Waals surface area contributed by atoms with E-state index in [2.05, 4.69) is 36.1 Å². The Kier molecular flexibility index (Phi) is 2.72. The quantitative estimate of drug-likeness (QED) is 0.862. The summed E-state index contributed by atoms with van der Waals surface area (Å²) in [4.78, 5) is 2.62. The van der Waals surface area contributed by atoms with Crippen LogP contribution in [0.5, 0.6) is 0 Å². The lowest BCUT2D eigenvalue weighted by Crippen LogP contribution is -2.54. The molecule has 1 aromatic rings. The molecular formula is C15H22N2. The van der Waals surface area contributed by atoms with Crippen molar-refractivity contribution in [2.75, 3.05) is 13.1 Å². The van der Waals surface area contributed by atoms with Gasteiger partial charge >= 0.3 is 0 Å². The van der Waals surface area contributed by atoms with Gasteiger partial charge in [-0.2, -0.15) is 0 Å². The summed E-state index contributed by atoms with van der Waals surface area (Å²) in [5.41, 5.74) is 9.31. The van der Waals surface area contributed by atoms with E-state index in [1.165, 1.54) is 36.9 Å². The number of nitrogens with two attached hydrogens (primary N) is 1. The smallest absolute Gasteiger partial charge is 0.0335 e. The average Bonchev–Trinajstić information content (AvgIpc) is 3.22. The van der Waals surface area contributed by atoms with E-state index in [-0.39, 0.29) is 5.54 Å². The van der Waals surface area contributed by atoms with E-state index in [4.69, 9.17) is 5.73 Å². The van der Waals surface area contributed by atoms with Crippen LogP contribution in [0.25, 0.3) is 0 Å². The Morgan fingerprint density at radius 2 is 2.00 bits per heavy atom. The summed E-state index contributed by atoms with van der Waals surface area (Å²) in [7, 11) is 0. The van der Waals surface area contributed by atoms with Crippen LogP contribution in [-0.4, -0.2) is 23.5 Å². The summed E-state index contributed by atoms with van der Waals surface area (Å²) < 4.78 is 0. The van der Waals surface area contributed by atoms with E-state index < -0.39 is 0 Å². The van der Waals surface area contributed by atoms with Crippen molar-refractivity contribution in [3.8, 4) is 0 Å². The third-order valence-electron chi connectivity index (χ3n) is 4.72. The molecule has 92 valence electrons. The highest BCUT2D eigenvalue weighted by Crippen LogP contribution is 2.43. The van der Waals surface area contributed by atoms with Crippen molar-refractivity contribution in [1.29, 1.82) is 0 Å². The monoisotopic (exact) mass is 230 g/mol. The first kappa shape index (κ1) is 11.2. The molecule has 1 aromatic carbocycles. The van der Waals surface area contributed by atoms with Crippen LogP contribution in [0.2, 0.25) is 0 Å². The number of hydrogen-bond donors (Lipinski definition) is 1. The summed E-state index contributed by atoms with van der Waals surface area (Å²) in [5.74, 6) is 0.831. The number of fused-ring (bicyclic) bond motifs is 1. The molecule has 1 heterocycles. The molecule has 2 heteroatoms. The normalized spacial score (nSPS) is 24.1. The topological polar surface area (TPSA) is 29.3 Å². The van der Waals surface area contributed by atoms with Crippen molar-refractivity contribution in [2.45, 2.75) is 38.3 Å². The molecular weight excluding hydrogens is 208 g/mol. The van der Waals surface area contributed by atoms with Crippen molar-refractivity contribution in [1.82, 2.24) is 4.90 Å². The van der Waals surface area contributed by atoms with Gasteiger partial charge in [0.1, 0.15) is 0 Å². The second kappa shape index (κ2) is 4.11. The molecule has 1 unspecified atom stereocenters. The zero-order chi connectivity index (χ0) is 11.9. The maximum absolute atomic E-state index is 6.06. The summed E-state index contributed by atoms with van der Waals surface area (Å²) in [5, 5.41) is 0. The Morgan fingerprint density at radius 3 is 2.65 bits per heavy atom. The van der Waals surface area contributed by atoms with Gasteiger partial charge in [-0.1, -0.05) is 24.3 Å². The highest BCUT2D eigenvalue weighted by atomic mass is 15.2. The van der Waals surface area contributed by atoms with Gasteiger partial charge in [-0.15, -0.1) is 0 Å². The highest BCUT2D eigenvalue weighted by molar-refractivity contribution is 5.29. The van der Waals surface area contributed by atoms with Crippen LogP contribution < -0.4 is 5.73 Å². The first-order valence-electron chi connectivity index (χ1n) is 6.76. The Balaban J connectivity index is 1.83. The van der Waals surface area contributed by atoms with E-state index in [1.807, 2.05) is 0 Å². The van der Waals surface area contributed by atoms with E-state index in [0.717, 1.165) is 19.0 Å². The maximum atomic E-state index is 6.06. The Hall–Kier alpha value is -0.860. The van der Waals surface area contributed by atoms with Gasteiger partial charge in [0.25, 0.3) is 0 Å². The fraction of sp³-hybridized carbons (Fsp3) is 0.600. The second-order valence-corrected chi connectivity index (χ2v) is 5.78. The lowest BCUT2D eigenvalue weighted by molar-refractivity contribution is 0.0750. The average molecular weight is 230 g/mol. The van der Waals surface area contributed by atoms with E-state index >= 15 is 0 Å². The third kappa shape index (κ3) is 1.90. The predicted octanol–water partition coefficient (Wildman–Crippen LogP) is 2.17. The van der Waals surface area contributed by atoms with Crippen LogP contribution in [0.1, 0.15) is 30.9 Å². The van der Waals surface area contributed by atoms with Gasteiger partial charge in [0.15, 0.2) is 0 Å². The van der Waals surface area contributed by atoms with Crippen LogP contribution in [0.3, 0.4) is 0 Å². The Morgan fingerprint density at radius 1 is 1.29 bits per heavy atom. The Labute approximate surface area is 104 Å². The highest BCUT2D eigenvalue weighted by Gasteiger charge is 2.45. The first-order chi connectivity index (χ1) is 8.24. The van der Waals surface area contributed by atoms with Crippen molar-refractivity contribution >= 4 is 0 Å². The molecule has 1 aliphatic carbocycles. The fourth-order valence-corrected chi connectivity index (χ4v) is 3.19. The van der Waals surface area contributed by atoms with Crippen molar-refractivity contribution in [3.63, 3.8) is 0 Å². The van der Waals surface area contributed by atoms with E-state index in [1.54, 1.807) is 0 Å². The molecule has 17 heavy (non-hydrogen) atoms. The third-order valence-corrected chi connectivity index (χ3v) is 4.72. The molecule has 1 saturated carbocycles. The van der Waals surface area contributed by atoms with Crippen LogP contribution in [0, 0.1) is 5.92 Å². The van der Waals surface area contributed by atoms with Crippen LogP contribution in [-0.2, 0) is 13.0 Å². The van der Waals surface area contributed by atoms with Gasteiger partial charge in [-0.25, -0.2) is 0 Å². The van der Waals surface area contributed by atoms with Gasteiger partial charge in [-0.05, 0) is 43.2 Å². The van der Waals surface area contributed by atoms with Crippen molar-refractivity contribution in [2.24, 2.45) is 11.7 Å². The maximum Gasteiger partial charge on any atom is 0.0335 e. The molecule has 0 bridgehead atoms. The lowest BCUT2D eigenvalue weighted by Gasteiger charge is -2.43. The number of nitrogens with zero attached hydrogens (tertiary/aromatic N) is 1. The molecule has 1 fully saturated rings. The molecule has 2 nitrogen and oxygen atoms in total. The van der Waals surface area contributed by atoms with Gasteiger partial charge in [0.05, 0.1) is 0 Å². The van der Waals surface area contributed by atoms with Crippen LogP contribution in [0.15, 0.2) is 24.3 Å². The van der Waals surface area contributed by atoms with Crippen LogP contribution >= 0.6 is 0 Å². The fourth-order valence-electron chi connectivity index (χ4n) is 3.19. The summed E-state index contributed by atoms with van der Waals surface area (Å²) in [6.07, 6.45) is 3.91. The largest absolute Gasteiger partial charge is 0.329 e. The minimum atomic E-state index is 0.230. The molecule has 1 atom stereocenters. The van der Waals surface area contributed by atoms with Gasteiger partial charge in [-0.3, -0.25) is 4.90 Å². The van der Waals surface area contributed by atoms with Gasteiger partial charge in [0, 0.05) is 25.2 Å². The van der Waals surface area contributed by atoms with Crippen molar-refractivity contribution < 1.29 is 0 Å². The second-order valence-electron chi connectivity index (χ2n) is 5.78. The zero-order valence-electron chi connectivity index (χ0n) is 10.7. The molecule has 0 saturated heterocycles. The molecule has 0 amide bonds. The summed E-state index contributed by atoms with van der Waals surface area (Å²) >= 11 is 0. The predicted molar refractivity (Wildman–Crippen MR) is 70.7 cm³/mol. The zero-order valence-corrected chi connectivity index (χ0v) is 10.7. The van der Waals surface area contributed by atoms with Crippen LogP contribution in [0.4, 0.5) is 0 Å². The number of benzene rings is 1. The SMILES string of the molecule is CC(CN)(C1CC1)N1CCc2ccccc2C1. The first-order valence-corrected chi connectivity index (χ1v) is 6.76. The lowest BCUT2D eigenvalue weighted by atomic mass is 9.89. The van der Waals surface area contributed by atoms with E-state index in [0.29, 0.717) is 0 Å². The number of rotatable bonds is 3. The molecule has 0 spiro atoms. The summed E-state index contributed by atoms with van der Waals surface area (Å²) in [6, 6.07) is 8.84. The number of hydrogen-bond acceptors (Lipinski definition) is 2. The summed E-state index contributed by atoms with van der Waals surface area (Å²) in [6.45, 7) is 5.40. The molecule has 0 aromatic heterocycles. The minimum absolute atomic E-state index is 0.230. The van der Waals surface area contributed by atoms with E-state index in [9.17, 15) is 0 Å². The molecule has 1 aliphatic heterocycles. The molecule has 2 N–H and O–H groups in total. The van der Waals surface area contributed by atoms with Gasteiger partial charge in [0.2, 0.25) is 0 Å².